The van der Waals surface area contributed by atoms with Crippen LogP contribution in [0.25, 0.3) is 10.3 Å². The van der Waals surface area contributed by atoms with Gasteiger partial charge in [0.25, 0.3) is 5.56 Å². The van der Waals surface area contributed by atoms with Crippen molar-refractivity contribution in [3.8, 4) is 0 Å². The van der Waals surface area contributed by atoms with E-state index in [1.807, 2.05) is 0 Å². The number of rotatable bonds is 6. The first-order valence-corrected chi connectivity index (χ1v) is 8.20. The highest BCUT2D eigenvalue weighted by Gasteiger charge is 2.16. The predicted molar refractivity (Wildman–Crippen MR) is 89.3 cm³/mol. The van der Waals surface area contributed by atoms with Crippen molar-refractivity contribution in [3.63, 3.8) is 0 Å². The minimum atomic E-state index is -0.518. The fraction of sp³-hybridized carbons (Fsp3) is 0.500. The molecule has 24 heavy (non-hydrogen) atoms. The van der Waals surface area contributed by atoms with Crippen molar-refractivity contribution in [3.05, 3.63) is 20.8 Å². The molecule has 0 aliphatic carbocycles. The molecule has 2 heterocycles. The van der Waals surface area contributed by atoms with Gasteiger partial charge in [0.1, 0.15) is 4.70 Å². The average molecular weight is 354 g/mol. The van der Waals surface area contributed by atoms with Crippen LogP contribution in [0, 0.1) is 0 Å². The summed E-state index contributed by atoms with van der Waals surface area (Å²) in [6.45, 7) is 3.44. The van der Waals surface area contributed by atoms with Crippen molar-refractivity contribution in [2.24, 2.45) is 7.05 Å². The average Bonchev–Trinajstić information content (AvgIpc) is 2.92. The molecule has 130 valence electrons. The summed E-state index contributed by atoms with van der Waals surface area (Å²) in [5, 5.41) is 2.76. The second-order valence-electron chi connectivity index (χ2n) is 5.06. The SMILES string of the molecule is CCOC(=O)CCCn1c(=O)c2sc(NC(C)=O)nc2n(C)c1=O. The number of esters is 1. The molecular weight excluding hydrogens is 336 g/mol. The first-order chi connectivity index (χ1) is 11.3. The summed E-state index contributed by atoms with van der Waals surface area (Å²) in [6, 6.07) is 0. The Kier molecular flexibility index (Phi) is 5.50. The Labute approximate surface area is 140 Å². The quantitative estimate of drug-likeness (QED) is 0.754. The number of nitrogens with one attached hydrogen (secondary N) is 1. The van der Waals surface area contributed by atoms with E-state index >= 15 is 0 Å². The van der Waals surface area contributed by atoms with E-state index in [0.29, 0.717) is 13.0 Å². The molecule has 0 aliphatic rings. The molecule has 0 aliphatic heterocycles. The Morgan fingerprint density at radius 2 is 2.04 bits per heavy atom. The predicted octanol–water partition coefficient (Wildman–Crippen LogP) is 0.458. The number of carbonyl (C=O) groups is 2. The summed E-state index contributed by atoms with van der Waals surface area (Å²) in [5.74, 6) is -0.678. The highest BCUT2D eigenvalue weighted by molar-refractivity contribution is 7.22. The van der Waals surface area contributed by atoms with E-state index in [4.69, 9.17) is 4.74 Å². The van der Waals surface area contributed by atoms with E-state index in [1.165, 1.54) is 18.5 Å². The maximum Gasteiger partial charge on any atom is 0.332 e. The molecule has 2 aromatic heterocycles. The Morgan fingerprint density at radius 3 is 2.67 bits per heavy atom. The third-order valence-corrected chi connectivity index (χ3v) is 4.18. The summed E-state index contributed by atoms with van der Waals surface area (Å²) < 4.78 is 7.41. The van der Waals surface area contributed by atoms with Crippen molar-refractivity contribution in [2.45, 2.75) is 33.2 Å². The Hall–Kier alpha value is -2.49. The van der Waals surface area contributed by atoms with Crippen molar-refractivity contribution in [2.75, 3.05) is 11.9 Å². The van der Waals surface area contributed by atoms with Gasteiger partial charge in [-0.05, 0) is 13.3 Å². The van der Waals surface area contributed by atoms with Crippen LogP contribution in [0.15, 0.2) is 9.59 Å². The third kappa shape index (κ3) is 3.70. The van der Waals surface area contributed by atoms with Gasteiger partial charge in [-0.3, -0.25) is 23.5 Å². The zero-order valence-electron chi connectivity index (χ0n) is 13.6. The number of fused-ring (bicyclic) bond motifs is 1. The van der Waals surface area contributed by atoms with Gasteiger partial charge in [-0.25, -0.2) is 9.78 Å². The van der Waals surface area contributed by atoms with Crippen LogP contribution in [-0.2, 0) is 27.9 Å². The van der Waals surface area contributed by atoms with Gasteiger partial charge < -0.3 is 10.1 Å². The summed E-state index contributed by atoms with van der Waals surface area (Å²) >= 11 is 1.01. The van der Waals surface area contributed by atoms with Crippen molar-refractivity contribution >= 4 is 38.7 Å². The topological polar surface area (TPSA) is 112 Å². The van der Waals surface area contributed by atoms with Gasteiger partial charge in [0, 0.05) is 26.9 Å². The molecule has 9 nitrogen and oxygen atoms in total. The van der Waals surface area contributed by atoms with Gasteiger partial charge in [-0.2, -0.15) is 0 Å². The lowest BCUT2D eigenvalue weighted by Gasteiger charge is -2.07. The molecule has 0 atom stereocenters. The molecule has 0 saturated heterocycles. The normalized spacial score (nSPS) is 10.8. The molecule has 0 fully saturated rings. The standard InChI is InChI=1S/C14H18N4O5S/c1-4-23-9(20)6-5-7-18-12(21)10-11(17(3)14(18)22)16-13(24-10)15-8(2)19/h4-7H2,1-3H3,(H,15,16,19). The Balaban J connectivity index is 2.34. The molecule has 0 saturated carbocycles. The number of aryl methyl sites for hydroxylation is 1. The Morgan fingerprint density at radius 1 is 1.33 bits per heavy atom. The van der Waals surface area contributed by atoms with E-state index in [0.717, 1.165) is 15.9 Å². The van der Waals surface area contributed by atoms with Crippen LogP contribution in [-0.4, -0.2) is 32.6 Å². The Bertz CT molecular complexity index is 895. The third-order valence-electron chi connectivity index (χ3n) is 3.24. The van der Waals surface area contributed by atoms with Crippen LogP contribution >= 0.6 is 11.3 Å². The zero-order chi connectivity index (χ0) is 17.9. The molecule has 1 amide bonds. The van der Waals surface area contributed by atoms with Gasteiger partial charge in [0.2, 0.25) is 5.91 Å². The summed E-state index contributed by atoms with van der Waals surface area (Å²) in [7, 11) is 1.50. The maximum absolute atomic E-state index is 12.5. The van der Waals surface area contributed by atoms with Gasteiger partial charge in [-0.1, -0.05) is 11.3 Å². The van der Waals surface area contributed by atoms with E-state index in [9.17, 15) is 19.2 Å². The number of thiazole rings is 1. The fourth-order valence-corrected chi connectivity index (χ4v) is 3.17. The second kappa shape index (κ2) is 7.39. The monoisotopic (exact) mass is 354 g/mol. The lowest BCUT2D eigenvalue weighted by Crippen LogP contribution is -2.38. The molecule has 0 bridgehead atoms. The van der Waals surface area contributed by atoms with Crippen LogP contribution in [0.1, 0.15) is 26.7 Å². The number of ether oxygens (including phenoxy) is 1. The highest BCUT2D eigenvalue weighted by Crippen LogP contribution is 2.21. The minimum Gasteiger partial charge on any atom is -0.466 e. The van der Waals surface area contributed by atoms with Gasteiger partial charge in [0.05, 0.1) is 6.61 Å². The van der Waals surface area contributed by atoms with Crippen LogP contribution in [0.2, 0.25) is 0 Å². The molecule has 0 aromatic carbocycles. The number of amides is 1. The molecule has 2 aromatic rings. The summed E-state index contributed by atoms with van der Waals surface area (Å²) in [4.78, 5) is 51.4. The minimum absolute atomic E-state index is 0.105. The summed E-state index contributed by atoms with van der Waals surface area (Å²) in [5.41, 5.74) is -0.775. The van der Waals surface area contributed by atoms with Crippen LogP contribution in [0.3, 0.4) is 0 Å². The molecule has 0 radical (unpaired) electrons. The molecule has 10 heteroatoms. The maximum atomic E-state index is 12.5. The van der Waals surface area contributed by atoms with E-state index < -0.39 is 11.2 Å². The molecular formula is C14H18N4O5S. The van der Waals surface area contributed by atoms with Crippen LogP contribution in [0.4, 0.5) is 5.13 Å². The van der Waals surface area contributed by atoms with Crippen molar-refractivity contribution in [1.29, 1.82) is 0 Å². The number of carbonyl (C=O) groups excluding carboxylic acids is 2. The fourth-order valence-electron chi connectivity index (χ4n) is 2.18. The molecule has 1 N–H and O–H groups in total. The molecule has 0 spiro atoms. The lowest BCUT2D eigenvalue weighted by molar-refractivity contribution is -0.143. The summed E-state index contributed by atoms with van der Waals surface area (Å²) in [6.07, 6.45) is 0.443. The number of aromatic nitrogens is 3. The van der Waals surface area contributed by atoms with Gasteiger partial charge in [-0.15, -0.1) is 0 Å². The first kappa shape index (κ1) is 17.9. The van der Waals surface area contributed by atoms with E-state index in [2.05, 4.69) is 10.3 Å². The van der Waals surface area contributed by atoms with E-state index in [1.54, 1.807) is 6.92 Å². The smallest absolute Gasteiger partial charge is 0.332 e. The second-order valence-corrected chi connectivity index (χ2v) is 6.06. The molecule has 0 unspecified atom stereocenters. The molecule has 2 rings (SSSR count). The number of hydrogen-bond donors (Lipinski definition) is 1. The zero-order valence-corrected chi connectivity index (χ0v) is 14.4. The largest absolute Gasteiger partial charge is 0.466 e. The van der Waals surface area contributed by atoms with Crippen molar-refractivity contribution in [1.82, 2.24) is 14.1 Å². The van der Waals surface area contributed by atoms with Gasteiger partial charge >= 0.3 is 11.7 Å². The lowest BCUT2D eigenvalue weighted by atomic mass is 10.3. The number of nitrogens with zero attached hydrogens (tertiary/aromatic N) is 3. The van der Waals surface area contributed by atoms with Crippen LogP contribution < -0.4 is 16.6 Å². The van der Waals surface area contributed by atoms with Crippen molar-refractivity contribution < 1.29 is 14.3 Å². The van der Waals surface area contributed by atoms with E-state index in [-0.39, 0.29) is 40.3 Å². The number of hydrogen-bond acceptors (Lipinski definition) is 7. The first-order valence-electron chi connectivity index (χ1n) is 7.38. The highest BCUT2D eigenvalue weighted by atomic mass is 32.1. The van der Waals surface area contributed by atoms with Gasteiger partial charge in [0.15, 0.2) is 10.8 Å². The van der Waals surface area contributed by atoms with Crippen LogP contribution in [0.5, 0.6) is 0 Å². The number of anilines is 1.